The number of rotatable bonds is 5. The van der Waals surface area contributed by atoms with E-state index in [2.05, 4.69) is 17.0 Å². The number of para-hydroxylation sites is 1. The van der Waals surface area contributed by atoms with Gasteiger partial charge in [-0.3, -0.25) is 19.3 Å². The van der Waals surface area contributed by atoms with Crippen LogP contribution in [0.3, 0.4) is 0 Å². The van der Waals surface area contributed by atoms with E-state index in [4.69, 9.17) is 0 Å². The zero-order valence-electron chi connectivity index (χ0n) is 16.3. The highest BCUT2D eigenvalue weighted by Crippen LogP contribution is 2.66. The molecule has 2 aromatic carbocycles. The Labute approximate surface area is 174 Å². The molecule has 2 amide bonds. The molecule has 0 radical (unpaired) electrons. The Hall–Kier alpha value is -3.15. The van der Waals surface area contributed by atoms with Crippen molar-refractivity contribution in [1.29, 1.82) is 0 Å². The van der Waals surface area contributed by atoms with E-state index in [-0.39, 0.29) is 41.9 Å². The topological polar surface area (TPSA) is 77.7 Å². The fraction of sp³-hybridized carbons (Fsp3) is 0.375. The number of carboxylic acid groups (broad SMARTS) is 1. The standard InChI is InChI=1S/C24H22N2O4/c27-18(28)12-17(13-7-3-1-4-8-13)26-23(29)19-15-11-16(20(19)24(26)30)22-21(15)25(22)14-9-5-2-6-10-14/h1-10,15-17,19-22H,11-12H2,(H,27,28). The van der Waals surface area contributed by atoms with Gasteiger partial charge < -0.3 is 10.0 Å². The van der Waals surface area contributed by atoms with Crippen LogP contribution in [0.25, 0.3) is 0 Å². The summed E-state index contributed by atoms with van der Waals surface area (Å²) >= 11 is 0. The van der Waals surface area contributed by atoms with Crippen LogP contribution < -0.4 is 4.90 Å². The molecule has 30 heavy (non-hydrogen) atoms. The molecule has 4 aliphatic rings. The van der Waals surface area contributed by atoms with Gasteiger partial charge in [0.25, 0.3) is 0 Å². The minimum Gasteiger partial charge on any atom is -0.481 e. The van der Waals surface area contributed by atoms with Crippen LogP contribution in [-0.4, -0.2) is 39.9 Å². The predicted molar refractivity (Wildman–Crippen MR) is 108 cm³/mol. The van der Waals surface area contributed by atoms with Gasteiger partial charge in [-0.25, -0.2) is 0 Å². The van der Waals surface area contributed by atoms with Crippen molar-refractivity contribution >= 4 is 23.5 Å². The maximum absolute atomic E-state index is 13.5. The third-order valence-electron chi connectivity index (χ3n) is 7.60. The van der Waals surface area contributed by atoms with Crippen molar-refractivity contribution in [3.8, 4) is 0 Å². The summed E-state index contributed by atoms with van der Waals surface area (Å²) in [5, 5.41) is 9.45. The van der Waals surface area contributed by atoms with Gasteiger partial charge in [-0.1, -0.05) is 48.5 Å². The molecule has 7 unspecified atom stereocenters. The summed E-state index contributed by atoms with van der Waals surface area (Å²) in [5.74, 6) is -1.63. The van der Waals surface area contributed by atoms with Gasteiger partial charge in [0.05, 0.1) is 36.4 Å². The molecule has 0 spiro atoms. The van der Waals surface area contributed by atoms with Gasteiger partial charge in [-0.15, -0.1) is 0 Å². The lowest BCUT2D eigenvalue weighted by molar-refractivity contribution is -0.146. The lowest BCUT2D eigenvalue weighted by Gasteiger charge is -2.28. The summed E-state index contributed by atoms with van der Waals surface area (Å²) in [6, 6.07) is 19.2. The van der Waals surface area contributed by atoms with E-state index in [0.717, 1.165) is 12.1 Å². The summed E-state index contributed by atoms with van der Waals surface area (Å²) in [7, 11) is 0. The average Bonchev–Trinajstić information content (AvgIpc) is 3.10. The molecule has 0 aromatic heterocycles. The number of carbonyl (C=O) groups excluding carboxylic acids is 2. The lowest BCUT2D eigenvalue weighted by Crippen LogP contribution is -2.38. The number of hydrogen-bond donors (Lipinski definition) is 1. The molecule has 2 saturated heterocycles. The molecule has 2 aliphatic carbocycles. The Balaban J connectivity index is 1.32. The highest BCUT2D eigenvalue weighted by atomic mass is 16.4. The Kier molecular flexibility index (Phi) is 3.64. The molecule has 2 saturated carbocycles. The van der Waals surface area contributed by atoms with Crippen LogP contribution in [0, 0.1) is 23.7 Å². The van der Waals surface area contributed by atoms with Crippen LogP contribution in [0.1, 0.15) is 24.4 Å². The molecule has 1 N–H and O–H groups in total. The maximum Gasteiger partial charge on any atom is 0.305 e. The van der Waals surface area contributed by atoms with E-state index in [1.54, 1.807) is 12.1 Å². The van der Waals surface area contributed by atoms with Gasteiger partial charge in [0.1, 0.15) is 0 Å². The number of carbonyl (C=O) groups is 3. The number of anilines is 1. The maximum atomic E-state index is 13.5. The second-order valence-electron chi connectivity index (χ2n) is 8.91. The second kappa shape index (κ2) is 6.17. The van der Waals surface area contributed by atoms with Crippen molar-refractivity contribution in [2.24, 2.45) is 23.7 Å². The molecular weight excluding hydrogens is 380 g/mol. The van der Waals surface area contributed by atoms with E-state index >= 15 is 0 Å². The monoisotopic (exact) mass is 402 g/mol. The number of imide groups is 1. The number of aliphatic carboxylic acids is 1. The molecule has 2 aromatic rings. The number of nitrogens with zero attached hydrogens (tertiary/aromatic N) is 2. The first-order valence-corrected chi connectivity index (χ1v) is 10.5. The van der Waals surface area contributed by atoms with Gasteiger partial charge in [-0.2, -0.15) is 0 Å². The second-order valence-corrected chi connectivity index (χ2v) is 8.91. The quantitative estimate of drug-likeness (QED) is 0.615. The molecule has 2 heterocycles. The largest absolute Gasteiger partial charge is 0.481 e. The molecule has 4 fully saturated rings. The van der Waals surface area contributed by atoms with Crippen LogP contribution in [0.4, 0.5) is 5.69 Å². The first-order valence-electron chi connectivity index (χ1n) is 10.5. The van der Waals surface area contributed by atoms with E-state index < -0.39 is 12.0 Å². The van der Waals surface area contributed by atoms with Crippen LogP contribution in [0.5, 0.6) is 0 Å². The molecule has 2 bridgehead atoms. The number of likely N-dealkylation sites (tertiary alicyclic amines) is 1. The minimum atomic E-state index is -1.01. The first kappa shape index (κ1) is 17.7. The summed E-state index contributed by atoms with van der Waals surface area (Å²) < 4.78 is 0. The fourth-order valence-corrected chi connectivity index (χ4v) is 6.59. The summed E-state index contributed by atoms with van der Waals surface area (Å²) in [4.78, 5) is 42.2. The van der Waals surface area contributed by atoms with E-state index in [1.807, 2.05) is 36.4 Å². The lowest BCUT2D eigenvalue weighted by atomic mass is 9.81. The number of hydrogen-bond acceptors (Lipinski definition) is 4. The van der Waals surface area contributed by atoms with Crippen molar-refractivity contribution in [1.82, 2.24) is 4.90 Å². The summed E-state index contributed by atoms with van der Waals surface area (Å²) in [5.41, 5.74) is 1.86. The first-order chi connectivity index (χ1) is 14.6. The van der Waals surface area contributed by atoms with E-state index in [9.17, 15) is 19.5 Å². The predicted octanol–water partition coefficient (Wildman–Crippen LogP) is 2.71. The molecule has 6 nitrogen and oxygen atoms in total. The number of piperidine rings is 1. The van der Waals surface area contributed by atoms with Crippen LogP contribution in [0.2, 0.25) is 0 Å². The molecule has 6 heteroatoms. The Morgan fingerprint density at radius 3 is 1.97 bits per heavy atom. The van der Waals surface area contributed by atoms with E-state index in [0.29, 0.717) is 17.6 Å². The minimum absolute atomic E-state index is 0.174. The average molecular weight is 402 g/mol. The number of amides is 2. The van der Waals surface area contributed by atoms with Crippen LogP contribution >= 0.6 is 0 Å². The number of fused-ring (bicyclic) bond motifs is 8. The van der Waals surface area contributed by atoms with Gasteiger partial charge in [0.15, 0.2) is 0 Å². The molecule has 152 valence electrons. The van der Waals surface area contributed by atoms with Crippen molar-refractivity contribution in [3.05, 3.63) is 66.2 Å². The van der Waals surface area contributed by atoms with Crippen LogP contribution in [-0.2, 0) is 14.4 Å². The van der Waals surface area contributed by atoms with Gasteiger partial charge in [0, 0.05) is 5.69 Å². The third-order valence-corrected chi connectivity index (χ3v) is 7.60. The SMILES string of the molecule is O=C(O)CC(c1ccccc1)N1C(=O)C2C3CC(C2C1=O)C1C3N1c1ccccc1. The summed E-state index contributed by atoms with van der Waals surface area (Å²) in [6.07, 6.45) is 0.660. The van der Waals surface area contributed by atoms with Crippen molar-refractivity contribution in [3.63, 3.8) is 0 Å². The number of benzene rings is 2. The summed E-state index contributed by atoms with van der Waals surface area (Å²) in [6.45, 7) is 0. The molecule has 6 rings (SSSR count). The molecular formula is C24H22N2O4. The Morgan fingerprint density at radius 1 is 0.900 bits per heavy atom. The van der Waals surface area contributed by atoms with E-state index in [1.165, 1.54) is 4.90 Å². The third kappa shape index (κ3) is 2.27. The Bertz CT molecular complexity index is 1010. The molecule has 2 aliphatic heterocycles. The zero-order valence-corrected chi connectivity index (χ0v) is 16.3. The van der Waals surface area contributed by atoms with Crippen molar-refractivity contribution < 1.29 is 19.5 Å². The Morgan fingerprint density at radius 2 is 1.43 bits per heavy atom. The van der Waals surface area contributed by atoms with Gasteiger partial charge in [-0.05, 0) is 36.0 Å². The zero-order chi connectivity index (χ0) is 20.6. The van der Waals surface area contributed by atoms with Crippen LogP contribution in [0.15, 0.2) is 60.7 Å². The molecule has 7 atom stereocenters. The van der Waals surface area contributed by atoms with Crippen molar-refractivity contribution in [2.75, 3.05) is 4.90 Å². The van der Waals surface area contributed by atoms with Gasteiger partial charge >= 0.3 is 5.97 Å². The smallest absolute Gasteiger partial charge is 0.305 e. The highest BCUT2D eigenvalue weighted by Gasteiger charge is 2.76. The number of carboxylic acids is 1. The fourth-order valence-electron chi connectivity index (χ4n) is 6.59. The normalized spacial score (nSPS) is 34.1. The highest BCUT2D eigenvalue weighted by molar-refractivity contribution is 6.07. The van der Waals surface area contributed by atoms with Crippen molar-refractivity contribution in [2.45, 2.75) is 31.0 Å². The van der Waals surface area contributed by atoms with Gasteiger partial charge in [0.2, 0.25) is 11.8 Å².